The molecule has 0 saturated heterocycles. The van der Waals surface area contributed by atoms with E-state index in [1.54, 1.807) is 0 Å². The van der Waals surface area contributed by atoms with E-state index in [-0.39, 0.29) is 5.41 Å². The first-order valence-electron chi connectivity index (χ1n) is 16.3. The van der Waals surface area contributed by atoms with Crippen LogP contribution in [-0.4, -0.2) is 0 Å². The second kappa shape index (κ2) is 11.8. The summed E-state index contributed by atoms with van der Waals surface area (Å²) in [6, 6.07) is 63.0. The highest BCUT2D eigenvalue weighted by Gasteiger charge is 2.35. The summed E-state index contributed by atoms with van der Waals surface area (Å²) >= 11 is 0. The van der Waals surface area contributed by atoms with Crippen molar-refractivity contribution in [2.45, 2.75) is 19.3 Å². The molecular formula is C45H36N2. The maximum Gasteiger partial charge on any atom is 0.0463 e. The minimum absolute atomic E-state index is 0.00740. The average Bonchev–Trinajstić information content (AvgIpc) is 3.36. The number of para-hydroxylation sites is 3. The van der Waals surface area contributed by atoms with Crippen LogP contribution in [-0.2, 0) is 5.41 Å². The second-order valence-corrected chi connectivity index (χ2v) is 12.7. The van der Waals surface area contributed by atoms with Gasteiger partial charge in [0.2, 0.25) is 0 Å². The summed E-state index contributed by atoms with van der Waals surface area (Å²) in [7, 11) is 0. The molecule has 0 aromatic heterocycles. The van der Waals surface area contributed by atoms with Gasteiger partial charge in [0.15, 0.2) is 0 Å². The van der Waals surface area contributed by atoms with Crippen LogP contribution in [0.3, 0.4) is 0 Å². The fraction of sp³-hybridized carbons (Fsp3) is 0.0667. The Bertz CT molecular complexity index is 2120. The lowest BCUT2D eigenvalue weighted by atomic mass is 9.82. The van der Waals surface area contributed by atoms with Crippen molar-refractivity contribution in [2.75, 3.05) is 10.2 Å². The Morgan fingerprint density at radius 3 is 1.55 bits per heavy atom. The van der Waals surface area contributed by atoms with E-state index in [0.29, 0.717) is 0 Å². The van der Waals surface area contributed by atoms with Crippen LogP contribution in [0.5, 0.6) is 0 Å². The molecule has 7 aromatic carbocycles. The molecule has 0 radical (unpaired) electrons. The number of hydrogen-bond acceptors (Lipinski definition) is 2. The lowest BCUT2D eigenvalue weighted by Crippen LogP contribution is -2.14. The molecule has 1 aliphatic rings. The minimum Gasteiger partial charge on any atom is -0.355 e. The second-order valence-electron chi connectivity index (χ2n) is 12.7. The van der Waals surface area contributed by atoms with Crippen LogP contribution in [0.1, 0.15) is 25.0 Å². The Labute approximate surface area is 277 Å². The van der Waals surface area contributed by atoms with Gasteiger partial charge in [-0.2, -0.15) is 0 Å². The molecular weight excluding hydrogens is 569 g/mol. The Hall–Kier alpha value is -5.86. The van der Waals surface area contributed by atoms with Gasteiger partial charge in [0.25, 0.3) is 0 Å². The monoisotopic (exact) mass is 604 g/mol. The average molecular weight is 605 g/mol. The molecule has 0 bridgehead atoms. The maximum atomic E-state index is 3.71. The van der Waals surface area contributed by atoms with Gasteiger partial charge in [-0.1, -0.05) is 129 Å². The van der Waals surface area contributed by atoms with Crippen molar-refractivity contribution in [3.8, 4) is 33.4 Å². The maximum absolute atomic E-state index is 3.71. The molecule has 0 saturated carbocycles. The number of hydrogen-bond donors (Lipinski definition) is 1. The molecule has 0 heterocycles. The summed E-state index contributed by atoms with van der Waals surface area (Å²) in [5.41, 5.74) is 15.8. The highest BCUT2D eigenvalue weighted by atomic mass is 15.1. The van der Waals surface area contributed by atoms with Crippen LogP contribution in [0.2, 0.25) is 0 Å². The van der Waals surface area contributed by atoms with Crippen LogP contribution in [0.25, 0.3) is 33.4 Å². The number of rotatable bonds is 7. The first-order valence-corrected chi connectivity index (χ1v) is 16.3. The van der Waals surface area contributed by atoms with E-state index in [4.69, 9.17) is 0 Å². The SMILES string of the molecule is CC1(C)c2ccccc2-c2cc(-c3ccccc3Nc3ccc(-c4ccc(N(c5ccccc5)c5ccccc5)cc4)cc3)ccc21. The summed E-state index contributed by atoms with van der Waals surface area (Å²) in [6.45, 7) is 4.66. The smallest absolute Gasteiger partial charge is 0.0463 e. The van der Waals surface area contributed by atoms with E-state index in [1.165, 1.54) is 44.5 Å². The summed E-state index contributed by atoms with van der Waals surface area (Å²) in [5.74, 6) is 0. The van der Waals surface area contributed by atoms with Crippen molar-refractivity contribution in [1.82, 2.24) is 0 Å². The largest absolute Gasteiger partial charge is 0.355 e. The molecule has 8 rings (SSSR count). The lowest BCUT2D eigenvalue weighted by molar-refractivity contribution is 0.660. The molecule has 1 N–H and O–H groups in total. The van der Waals surface area contributed by atoms with Gasteiger partial charge in [-0.25, -0.2) is 0 Å². The first kappa shape index (κ1) is 28.6. The predicted molar refractivity (Wildman–Crippen MR) is 199 cm³/mol. The molecule has 0 fully saturated rings. The van der Waals surface area contributed by atoms with Gasteiger partial charge in [-0.05, 0) is 99.6 Å². The van der Waals surface area contributed by atoms with Gasteiger partial charge in [0, 0.05) is 39.4 Å². The number of nitrogens with zero attached hydrogens (tertiary/aromatic N) is 1. The molecule has 47 heavy (non-hydrogen) atoms. The zero-order valence-electron chi connectivity index (χ0n) is 26.7. The van der Waals surface area contributed by atoms with E-state index in [0.717, 1.165) is 28.4 Å². The van der Waals surface area contributed by atoms with E-state index < -0.39 is 0 Å². The van der Waals surface area contributed by atoms with Crippen LogP contribution < -0.4 is 10.2 Å². The molecule has 2 nitrogen and oxygen atoms in total. The molecule has 0 unspecified atom stereocenters. The highest BCUT2D eigenvalue weighted by Crippen LogP contribution is 2.50. The van der Waals surface area contributed by atoms with Crippen molar-refractivity contribution >= 4 is 28.4 Å². The van der Waals surface area contributed by atoms with Crippen molar-refractivity contribution in [2.24, 2.45) is 0 Å². The third kappa shape index (κ3) is 5.28. The van der Waals surface area contributed by atoms with E-state index in [2.05, 4.69) is 200 Å². The standard InChI is InChI=1S/C45H36N2/c1-45(2)42-19-11-9-18-40(42)41-31-34(25-30-43(41)45)39-17-10-12-20-44(39)46-35-26-21-32(22-27-35)33-23-28-38(29-24-33)47(36-13-5-3-6-14-36)37-15-7-4-8-16-37/h3-31,46H,1-2H3. The topological polar surface area (TPSA) is 15.3 Å². The Morgan fingerprint density at radius 1 is 0.404 bits per heavy atom. The van der Waals surface area contributed by atoms with Gasteiger partial charge >= 0.3 is 0 Å². The normalized spacial score (nSPS) is 12.6. The van der Waals surface area contributed by atoms with E-state index >= 15 is 0 Å². The molecule has 0 amide bonds. The van der Waals surface area contributed by atoms with Crippen LogP contribution in [0.4, 0.5) is 28.4 Å². The fourth-order valence-corrected chi connectivity index (χ4v) is 7.04. The Kier molecular flexibility index (Phi) is 7.19. The summed E-state index contributed by atoms with van der Waals surface area (Å²) in [5, 5.41) is 3.71. The predicted octanol–water partition coefficient (Wildman–Crippen LogP) is 12.5. The molecule has 0 atom stereocenters. The quantitative estimate of drug-likeness (QED) is 0.195. The van der Waals surface area contributed by atoms with Gasteiger partial charge in [0.05, 0.1) is 0 Å². The Balaban J connectivity index is 1.05. The van der Waals surface area contributed by atoms with Gasteiger partial charge in [-0.15, -0.1) is 0 Å². The minimum atomic E-state index is 0.00740. The molecule has 226 valence electrons. The number of nitrogens with one attached hydrogen (secondary N) is 1. The van der Waals surface area contributed by atoms with Crippen LogP contribution >= 0.6 is 0 Å². The lowest BCUT2D eigenvalue weighted by Gasteiger charge is -2.25. The first-order chi connectivity index (χ1) is 23.1. The summed E-state index contributed by atoms with van der Waals surface area (Å²) in [4.78, 5) is 2.29. The van der Waals surface area contributed by atoms with Gasteiger partial charge < -0.3 is 10.2 Å². The zero-order valence-corrected chi connectivity index (χ0v) is 26.7. The molecule has 0 aliphatic heterocycles. The molecule has 2 heteroatoms. The van der Waals surface area contributed by atoms with Gasteiger partial charge in [-0.3, -0.25) is 0 Å². The van der Waals surface area contributed by atoms with E-state index in [1.807, 2.05) is 0 Å². The number of fused-ring (bicyclic) bond motifs is 3. The molecule has 1 aliphatic carbocycles. The van der Waals surface area contributed by atoms with Crippen LogP contribution in [0, 0.1) is 0 Å². The number of anilines is 5. The van der Waals surface area contributed by atoms with Crippen molar-refractivity contribution in [1.29, 1.82) is 0 Å². The summed E-state index contributed by atoms with van der Waals surface area (Å²) in [6.07, 6.45) is 0. The molecule has 7 aromatic rings. The van der Waals surface area contributed by atoms with Gasteiger partial charge in [0.1, 0.15) is 0 Å². The third-order valence-electron chi connectivity index (χ3n) is 9.47. The molecule has 0 spiro atoms. The number of benzene rings is 7. The van der Waals surface area contributed by atoms with Crippen molar-refractivity contribution in [3.63, 3.8) is 0 Å². The third-order valence-corrected chi connectivity index (χ3v) is 9.47. The van der Waals surface area contributed by atoms with E-state index in [9.17, 15) is 0 Å². The summed E-state index contributed by atoms with van der Waals surface area (Å²) < 4.78 is 0. The zero-order chi connectivity index (χ0) is 31.8. The van der Waals surface area contributed by atoms with Crippen LogP contribution in [0.15, 0.2) is 176 Å². The van der Waals surface area contributed by atoms with Crippen molar-refractivity contribution in [3.05, 3.63) is 187 Å². The Morgan fingerprint density at radius 2 is 0.894 bits per heavy atom. The fourth-order valence-electron chi connectivity index (χ4n) is 7.04. The highest BCUT2D eigenvalue weighted by molar-refractivity contribution is 5.88. The van der Waals surface area contributed by atoms with Crippen molar-refractivity contribution < 1.29 is 0 Å².